The third-order valence-electron chi connectivity index (χ3n) is 2.08. The first kappa shape index (κ1) is 11.2. The van der Waals surface area contributed by atoms with Crippen molar-refractivity contribution >= 4 is 11.6 Å². The Bertz CT molecular complexity index is 390. The molecule has 80 valence electrons. The van der Waals surface area contributed by atoms with E-state index in [1.807, 2.05) is 0 Å². The van der Waals surface area contributed by atoms with Crippen LogP contribution in [0.5, 0.6) is 0 Å². The van der Waals surface area contributed by atoms with Gasteiger partial charge in [0.1, 0.15) is 0 Å². The molecule has 0 aliphatic carbocycles. The number of non-ortho nitro benzene ring substituents is 1. The second-order valence-electron chi connectivity index (χ2n) is 3.30. The van der Waals surface area contributed by atoms with E-state index in [1.54, 1.807) is 19.2 Å². The zero-order valence-electron chi connectivity index (χ0n) is 8.64. The van der Waals surface area contributed by atoms with Crippen LogP contribution >= 0.6 is 0 Å². The van der Waals surface area contributed by atoms with Gasteiger partial charge < -0.3 is 4.90 Å². The van der Waals surface area contributed by atoms with Gasteiger partial charge in [-0.3, -0.25) is 14.9 Å². The van der Waals surface area contributed by atoms with Crippen LogP contribution in [0.25, 0.3) is 0 Å². The lowest BCUT2D eigenvalue weighted by molar-refractivity contribution is -0.384. The number of nitro groups is 1. The summed E-state index contributed by atoms with van der Waals surface area (Å²) in [5.74, 6) is -0.0680. The second kappa shape index (κ2) is 4.54. The standard InChI is InChI=1S/C10H12N2O3/c1-8(13)11(2)7-9-4-3-5-10(6-9)12(14)15/h3-6H,7H2,1-2H3. The van der Waals surface area contributed by atoms with Gasteiger partial charge in [0.15, 0.2) is 0 Å². The Morgan fingerprint density at radius 1 is 1.53 bits per heavy atom. The van der Waals surface area contributed by atoms with Crippen molar-refractivity contribution in [1.29, 1.82) is 0 Å². The summed E-state index contributed by atoms with van der Waals surface area (Å²) in [6.45, 7) is 1.84. The summed E-state index contributed by atoms with van der Waals surface area (Å²) in [6.07, 6.45) is 0. The monoisotopic (exact) mass is 208 g/mol. The summed E-state index contributed by atoms with van der Waals surface area (Å²) >= 11 is 0. The number of benzene rings is 1. The van der Waals surface area contributed by atoms with Crippen molar-refractivity contribution in [1.82, 2.24) is 4.90 Å². The van der Waals surface area contributed by atoms with Crippen LogP contribution in [0.2, 0.25) is 0 Å². The molecule has 0 saturated heterocycles. The molecule has 0 aromatic heterocycles. The Hall–Kier alpha value is -1.91. The summed E-state index contributed by atoms with van der Waals surface area (Å²) in [7, 11) is 1.65. The topological polar surface area (TPSA) is 63.5 Å². The van der Waals surface area contributed by atoms with Gasteiger partial charge in [-0.25, -0.2) is 0 Å². The quantitative estimate of drug-likeness (QED) is 0.559. The van der Waals surface area contributed by atoms with Gasteiger partial charge in [0.25, 0.3) is 5.69 Å². The Kier molecular flexibility index (Phi) is 3.38. The molecule has 0 saturated carbocycles. The number of hydrogen-bond acceptors (Lipinski definition) is 3. The molecule has 1 aromatic rings. The normalized spacial score (nSPS) is 9.73. The van der Waals surface area contributed by atoms with Gasteiger partial charge >= 0.3 is 0 Å². The van der Waals surface area contributed by atoms with E-state index in [4.69, 9.17) is 0 Å². The summed E-state index contributed by atoms with van der Waals surface area (Å²) in [4.78, 5) is 22.5. The van der Waals surface area contributed by atoms with E-state index in [9.17, 15) is 14.9 Å². The molecule has 5 nitrogen and oxygen atoms in total. The highest BCUT2D eigenvalue weighted by Crippen LogP contribution is 2.14. The van der Waals surface area contributed by atoms with Gasteiger partial charge in [-0.2, -0.15) is 0 Å². The summed E-state index contributed by atoms with van der Waals surface area (Å²) < 4.78 is 0. The lowest BCUT2D eigenvalue weighted by Crippen LogP contribution is -2.22. The lowest BCUT2D eigenvalue weighted by atomic mass is 10.2. The zero-order chi connectivity index (χ0) is 11.4. The van der Waals surface area contributed by atoms with E-state index >= 15 is 0 Å². The molecule has 0 unspecified atom stereocenters. The molecule has 0 bridgehead atoms. The Balaban J connectivity index is 2.82. The first-order chi connectivity index (χ1) is 7.00. The molecule has 0 N–H and O–H groups in total. The first-order valence-corrected chi connectivity index (χ1v) is 4.45. The SMILES string of the molecule is CC(=O)N(C)Cc1cccc([N+](=O)[O-])c1. The minimum Gasteiger partial charge on any atom is -0.342 e. The third kappa shape index (κ3) is 3.05. The zero-order valence-corrected chi connectivity index (χ0v) is 8.64. The average Bonchev–Trinajstić information content (AvgIpc) is 2.18. The molecule has 0 atom stereocenters. The fraction of sp³-hybridized carbons (Fsp3) is 0.300. The molecule has 1 aromatic carbocycles. The van der Waals surface area contributed by atoms with Crippen LogP contribution in [0.15, 0.2) is 24.3 Å². The van der Waals surface area contributed by atoms with Crippen LogP contribution < -0.4 is 0 Å². The van der Waals surface area contributed by atoms with Gasteiger partial charge in [-0.15, -0.1) is 0 Å². The number of amides is 1. The van der Waals surface area contributed by atoms with Crippen LogP contribution in [0, 0.1) is 10.1 Å². The second-order valence-corrected chi connectivity index (χ2v) is 3.30. The minimum absolute atomic E-state index is 0.0458. The smallest absolute Gasteiger partial charge is 0.269 e. The largest absolute Gasteiger partial charge is 0.342 e. The van der Waals surface area contributed by atoms with E-state index < -0.39 is 4.92 Å². The van der Waals surface area contributed by atoms with E-state index in [2.05, 4.69) is 0 Å². The van der Waals surface area contributed by atoms with Gasteiger partial charge in [0.05, 0.1) is 4.92 Å². The van der Waals surface area contributed by atoms with Gasteiger partial charge in [0, 0.05) is 32.6 Å². The highest BCUT2D eigenvalue weighted by molar-refractivity contribution is 5.72. The molecule has 0 aliphatic rings. The van der Waals surface area contributed by atoms with E-state index in [1.165, 1.54) is 24.0 Å². The van der Waals surface area contributed by atoms with Crippen molar-refractivity contribution in [3.63, 3.8) is 0 Å². The summed E-state index contributed by atoms with van der Waals surface area (Å²) in [5, 5.41) is 10.5. The molecule has 0 spiro atoms. The summed E-state index contributed by atoms with van der Waals surface area (Å²) in [6, 6.07) is 6.27. The molecular weight excluding hydrogens is 196 g/mol. The summed E-state index contributed by atoms with van der Waals surface area (Å²) in [5.41, 5.74) is 0.798. The van der Waals surface area contributed by atoms with Crippen LogP contribution in [0.3, 0.4) is 0 Å². The van der Waals surface area contributed by atoms with E-state index in [0.29, 0.717) is 6.54 Å². The van der Waals surface area contributed by atoms with E-state index in [0.717, 1.165) is 5.56 Å². The van der Waals surface area contributed by atoms with Crippen molar-refractivity contribution in [2.24, 2.45) is 0 Å². The van der Waals surface area contributed by atoms with E-state index in [-0.39, 0.29) is 11.6 Å². The van der Waals surface area contributed by atoms with Crippen molar-refractivity contribution < 1.29 is 9.72 Å². The Morgan fingerprint density at radius 3 is 2.73 bits per heavy atom. The van der Waals surface area contributed by atoms with Gasteiger partial charge in [0.2, 0.25) is 5.91 Å². The number of carbonyl (C=O) groups is 1. The predicted octanol–water partition coefficient (Wildman–Crippen LogP) is 1.57. The number of hydrogen-bond donors (Lipinski definition) is 0. The fourth-order valence-corrected chi connectivity index (χ4v) is 1.15. The number of nitro benzene ring substituents is 1. The number of carbonyl (C=O) groups excluding carboxylic acids is 1. The predicted molar refractivity (Wildman–Crippen MR) is 55.2 cm³/mol. The van der Waals surface area contributed by atoms with Crippen molar-refractivity contribution in [3.8, 4) is 0 Å². The molecule has 0 fully saturated rings. The molecular formula is C10H12N2O3. The van der Waals surface area contributed by atoms with Crippen molar-refractivity contribution in [2.45, 2.75) is 13.5 Å². The number of nitrogens with zero attached hydrogens (tertiary/aromatic N) is 2. The molecule has 1 amide bonds. The molecule has 1 rings (SSSR count). The lowest BCUT2D eigenvalue weighted by Gasteiger charge is -2.14. The molecule has 0 aliphatic heterocycles. The maximum absolute atomic E-state index is 11.0. The van der Waals surface area contributed by atoms with Crippen molar-refractivity contribution in [3.05, 3.63) is 39.9 Å². The first-order valence-electron chi connectivity index (χ1n) is 4.45. The van der Waals surface area contributed by atoms with Crippen LogP contribution in [0.4, 0.5) is 5.69 Å². The maximum atomic E-state index is 11.0. The molecule has 15 heavy (non-hydrogen) atoms. The Labute approximate surface area is 87.5 Å². The van der Waals surface area contributed by atoms with Crippen LogP contribution in [0.1, 0.15) is 12.5 Å². The average molecular weight is 208 g/mol. The minimum atomic E-state index is -0.447. The Morgan fingerprint density at radius 2 is 2.20 bits per heavy atom. The molecule has 0 radical (unpaired) electrons. The molecule has 5 heteroatoms. The van der Waals surface area contributed by atoms with Crippen LogP contribution in [-0.2, 0) is 11.3 Å². The van der Waals surface area contributed by atoms with Gasteiger partial charge in [-0.05, 0) is 5.56 Å². The van der Waals surface area contributed by atoms with Crippen LogP contribution in [-0.4, -0.2) is 22.8 Å². The highest BCUT2D eigenvalue weighted by atomic mass is 16.6. The van der Waals surface area contributed by atoms with Crippen molar-refractivity contribution in [2.75, 3.05) is 7.05 Å². The fourth-order valence-electron chi connectivity index (χ4n) is 1.15. The van der Waals surface area contributed by atoms with Gasteiger partial charge in [-0.1, -0.05) is 12.1 Å². The number of rotatable bonds is 3. The highest BCUT2D eigenvalue weighted by Gasteiger charge is 2.08. The third-order valence-corrected chi connectivity index (χ3v) is 2.08. The maximum Gasteiger partial charge on any atom is 0.269 e. The molecule has 0 heterocycles.